The number of hydrogen-bond donors (Lipinski definition) is 3. The normalized spacial score (nSPS) is 9.71. The molecule has 0 saturated heterocycles. The van der Waals surface area contributed by atoms with Gasteiger partial charge in [-0.05, 0) is 23.8 Å². The van der Waals surface area contributed by atoms with Crippen LogP contribution in [0, 0.1) is 5.41 Å². The van der Waals surface area contributed by atoms with E-state index < -0.39 is 6.67 Å². The summed E-state index contributed by atoms with van der Waals surface area (Å²) in [6.45, 7) is -0.425. The molecule has 1 aromatic rings. The van der Waals surface area contributed by atoms with Crippen molar-refractivity contribution >= 4 is 24.4 Å². The minimum absolute atomic E-state index is 0. The summed E-state index contributed by atoms with van der Waals surface area (Å²) in [5, 5.41) is 9.47. The fraction of sp³-hybridized carbons (Fsp3) is 0.182. The molecular weight excluding hydrogens is 245 g/mol. The van der Waals surface area contributed by atoms with Gasteiger partial charge in [0.25, 0.3) is 0 Å². The molecule has 0 heterocycles. The molecule has 0 aliphatic heterocycles. The van der Waals surface area contributed by atoms with E-state index in [0.717, 1.165) is 5.56 Å². The van der Waals surface area contributed by atoms with Gasteiger partial charge in [0.05, 0.1) is 0 Å². The van der Waals surface area contributed by atoms with Gasteiger partial charge < -0.3 is 15.8 Å². The molecule has 0 radical (unpaired) electrons. The number of rotatable bonds is 5. The Morgan fingerprint density at radius 1 is 1.41 bits per heavy atom. The van der Waals surface area contributed by atoms with Crippen LogP contribution in [-0.4, -0.2) is 19.2 Å². The van der Waals surface area contributed by atoms with E-state index in [4.69, 9.17) is 15.9 Å². The van der Waals surface area contributed by atoms with Crippen LogP contribution in [0.4, 0.5) is 4.39 Å². The molecule has 0 saturated carbocycles. The van der Waals surface area contributed by atoms with E-state index in [1.165, 1.54) is 0 Å². The van der Waals surface area contributed by atoms with Crippen LogP contribution in [0.2, 0.25) is 0 Å². The largest absolute Gasteiger partial charge is 0.491 e. The van der Waals surface area contributed by atoms with E-state index in [-0.39, 0.29) is 25.0 Å². The minimum atomic E-state index is -0.496. The van der Waals surface area contributed by atoms with Gasteiger partial charge in [-0.1, -0.05) is 12.1 Å². The first-order valence-corrected chi connectivity index (χ1v) is 4.78. The third-order valence-electron chi connectivity index (χ3n) is 1.74. The lowest BCUT2D eigenvalue weighted by Gasteiger charge is -2.03. The van der Waals surface area contributed by atoms with E-state index in [1.54, 1.807) is 24.4 Å². The zero-order chi connectivity index (χ0) is 11.8. The summed E-state index contributed by atoms with van der Waals surface area (Å²) >= 11 is 0. The highest BCUT2D eigenvalue weighted by molar-refractivity contribution is 5.85. The summed E-state index contributed by atoms with van der Waals surface area (Å²) in [4.78, 5) is 0. The van der Waals surface area contributed by atoms with Gasteiger partial charge in [0, 0.05) is 6.20 Å². The molecule has 94 valence electrons. The first-order valence-electron chi connectivity index (χ1n) is 4.78. The van der Waals surface area contributed by atoms with Crippen molar-refractivity contribution in [2.75, 3.05) is 13.3 Å². The molecule has 0 aromatic heterocycles. The summed E-state index contributed by atoms with van der Waals surface area (Å²) < 4.78 is 16.9. The molecule has 0 bridgehead atoms. The van der Waals surface area contributed by atoms with Gasteiger partial charge in [-0.3, -0.25) is 5.41 Å². The molecule has 0 spiro atoms. The molecule has 6 heteroatoms. The molecule has 0 amide bonds. The molecule has 1 aromatic carbocycles. The second kappa shape index (κ2) is 8.41. The Morgan fingerprint density at radius 3 is 2.59 bits per heavy atom. The summed E-state index contributed by atoms with van der Waals surface area (Å²) in [5.74, 6) is 0.522. The average Bonchev–Trinajstić information content (AvgIpc) is 2.27. The maximum atomic E-state index is 11.8. The van der Waals surface area contributed by atoms with Gasteiger partial charge in [-0.25, -0.2) is 4.39 Å². The standard InChI is InChI=1S/C11H14FN3O.ClH/c12-6-8-16-10-3-1-9(2-4-10)5-7-15-11(13)14;/h1-5,7H,6,8H2,(H4,13,14,15);1H/b7-5+;. The Kier molecular flexibility index (Phi) is 7.54. The van der Waals surface area contributed by atoms with Crippen molar-refractivity contribution in [2.24, 2.45) is 5.73 Å². The minimum Gasteiger partial charge on any atom is -0.491 e. The zero-order valence-electron chi connectivity index (χ0n) is 9.15. The molecule has 17 heavy (non-hydrogen) atoms. The van der Waals surface area contributed by atoms with Crippen LogP contribution in [0.5, 0.6) is 5.75 Å². The number of alkyl halides is 1. The number of halogens is 2. The predicted octanol–water partition coefficient (Wildman–Crippen LogP) is 1.91. The van der Waals surface area contributed by atoms with E-state index in [9.17, 15) is 4.39 Å². The summed E-state index contributed by atoms with van der Waals surface area (Å²) in [7, 11) is 0. The summed E-state index contributed by atoms with van der Waals surface area (Å²) in [6, 6.07) is 7.16. The van der Waals surface area contributed by atoms with Crippen molar-refractivity contribution < 1.29 is 9.13 Å². The van der Waals surface area contributed by atoms with Crippen LogP contribution in [0.1, 0.15) is 5.56 Å². The molecular formula is C11H15ClFN3O. The van der Waals surface area contributed by atoms with Crippen molar-refractivity contribution in [1.82, 2.24) is 5.32 Å². The van der Waals surface area contributed by atoms with Crippen molar-refractivity contribution in [3.63, 3.8) is 0 Å². The maximum Gasteiger partial charge on any atom is 0.189 e. The van der Waals surface area contributed by atoms with Crippen LogP contribution in [0.3, 0.4) is 0 Å². The van der Waals surface area contributed by atoms with Crippen molar-refractivity contribution in [3.8, 4) is 5.75 Å². The van der Waals surface area contributed by atoms with Crippen LogP contribution in [-0.2, 0) is 0 Å². The van der Waals surface area contributed by atoms with Gasteiger partial charge in [0.2, 0.25) is 0 Å². The van der Waals surface area contributed by atoms with E-state index in [2.05, 4.69) is 5.32 Å². The number of guanidine groups is 1. The number of ether oxygens (including phenoxy) is 1. The highest BCUT2D eigenvalue weighted by Crippen LogP contribution is 2.12. The Bertz CT molecular complexity index is 367. The molecule has 0 unspecified atom stereocenters. The first kappa shape index (κ1) is 15.2. The van der Waals surface area contributed by atoms with Gasteiger partial charge in [-0.15, -0.1) is 12.4 Å². The molecule has 0 atom stereocenters. The van der Waals surface area contributed by atoms with Crippen molar-refractivity contribution in [2.45, 2.75) is 0 Å². The zero-order valence-corrected chi connectivity index (χ0v) is 9.97. The van der Waals surface area contributed by atoms with E-state index in [1.807, 2.05) is 12.1 Å². The van der Waals surface area contributed by atoms with Crippen LogP contribution < -0.4 is 15.8 Å². The number of benzene rings is 1. The van der Waals surface area contributed by atoms with Crippen LogP contribution in [0.25, 0.3) is 6.08 Å². The number of nitrogens with one attached hydrogen (secondary N) is 2. The van der Waals surface area contributed by atoms with E-state index in [0.29, 0.717) is 5.75 Å². The molecule has 4 N–H and O–H groups in total. The van der Waals surface area contributed by atoms with Crippen LogP contribution in [0.15, 0.2) is 30.5 Å². The number of nitrogens with two attached hydrogens (primary N) is 1. The van der Waals surface area contributed by atoms with Gasteiger partial charge >= 0.3 is 0 Å². The second-order valence-electron chi connectivity index (χ2n) is 3.00. The Balaban J connectivity index is 0.00000256. The Morgan fingerprint density at radius 2 is 2.06 bits per heavy atom. The van der Waals surface area contributed by atoms with Gasteiger partial charge in [-0.2, -0.15) is 0 Å². The Labute approximate surface area is 106 Å². The maximum absolute atomic E-state index is 11.8. The third kappa shape index (κ3) is 6.42. The van der Waals surface area contributed by atoms with Crippen molar-refractivity contribution in [3.05, 3.63) is 36.0 Å². The lowest BCUT2D eigenvalue weighted by atomic mass is 10.2. The van der Waals surface area contributed by atoms with Crippen LogP contribution >= 0.6 is 12.4 Å². The SMILES string of the molecule is Cl.N=C(N)N/C=C/c1ccc(OCCF)cc1. The fourth-order valence-electron chi connectivity index (χ4n) is 1.06. The smallest absolute Gasteiger partial charge is 0.189 e. The second-order valence-corrected chi connectivity index (χ2v) is 3.00. The molecule has 4 nitrogen and oxygen atoms in total. The predicted molar refractivity (Wildman–Crippen MR) is 69.2 cm³/mol. The third-order valence-corrected chi connectivity index (χ3v) is 1.74. The highest BCUT2D eigenvalue weighted by atomic mass is 35.5. The van der Waals surface area contributed by atoms with Gasteiger partial charge in [0.1, 0.15) is 19.0 Å². The summed E-state index contributed by atoms with van der Waals surface area (Å²) in [5.41, 5.74) is 6.03. The molecule has 0 aliphatic rings. The fourth-order valence-corrected chi connectivity index (χ4v) is 1.06. The molecule has 0 aliphatic carbocycles. The lowest BCUT2D eigenvalue weighted by Crippen LogP contribution is -2.24. The molecule has 0 fully saturated rings. The van der Waals surface area contributed by atoms with Gasteiger partial charge in [0.15, 0.2) is 5.96 Å². The monoisotopic (exact) mass is 259 g/mol. The van der Waals surface area contributed by atoms with E-state index >= 15 is 0 Å². The highest BCUT2D eigenvalue weighted by Gasteiger charge is 1.92. The summed E-state index contributed by atoms with van der Waals surface area (Å²) in [6.07, 6.45) is 3.33. The average molecular weight is 260 g/mol. The lowest BCUT2D eigenvalue weighted by molar-refractivity contribution is 0.273. The molecule has 1 rings (SSSR count). The Hall–Kier alpha value is -1.75. The topological polar surface area (TPSA) is 71.1 Å². The van der Waals surface area contributed by atoms with Crippen molar-refractivity contribution in [1.29, 1.82) is 5.41 Å². The quantitative estimate of drug-likeness (QED) is 0.559. The first-order chi connectivity index (χ1) is 7.72. The number of hydrogen-bond acceptors (Lipinski definition) is 2.